The second kappa shape index (κ2) is 7.11. The van der Waals surface area contributed by atoms with Crippen LogP contribution in [0, 0.1) is 0 Å². The van der Waals surface area contributed by atoms with E-state index in [0.717, 1.165) is 0 Å². The van der Waals surface area contributed by atoms with Crippen LogP contribution in [-0.4, -0.2) is 65.8 Å². The fraction of sp³-hybridized carbons (Fsp3) is 0.867. The van der Waals surface area contributed by atoms with Crippen LogP contribution in [0.5, 0.6) is 0 Å². The molecule has 6 heteroatoms. The van der Waals surface area contributed by atoms with Gasteiger partial charge in [-0.1, -0.05) is 0 Å². The van der Waals surface area contributed by atoms with Crippen LogP contribution in [0.1, 0.15) is 41.5 Å². The highest BCUT2D eigenvalue weighted by molar-refractivity contribution is 5.68. The Bertz CT molecular complexity index is 366. The third-order valence-corrected chi connectivity index (χ3v) is 3.41. The maximum Gasteiger partial charge on any atom is 0.410 e. The summed E-state index contributed by atoms with van der Waals surface area (Å²) in [4.78, 5) is 26.9. The molecule has 1 aliphatic rings. The van der Waals surface area contributed by atoms with Crippen LogP contribution >= 0.6 is 0 Å². The van der Waals surface area contributed by atoms with Crippen molar-refractivity contribution in [1.29, 1.82) is 0 Å². The molecule has 1 heterocycles. The van der Waals surface area contributed by atoms with Gasteiger partial charge in [-0.2, -0.15) is 0 Å². The molecule has 0 radical (unpaired) electrons. The fourth-order valence-corrected chi connectivity index (χ4v) is 2.57. The summed E-state index contributed by atoms with van der Waals surface area (Å²) in [5.74, 6) is -0.261. The zero-order valence-electron chi connectivity index (χ0n) is 14.0. The van der Waals surface area contributed by atoms with Gasteiger partial charge in [0.2, 0.25) is 0 Å². The van der Waals surface area contributed by atoms with E-state index in [-0.39, 0.29) is 24.1 Å². The molecule has 1 aliphatic heterocycles. The number of carbonyl (C=O) groups excluding carboxylic acids is 2. The molecule has 0 aromatic carbocycles. The minimum absolute atomic E-state index is 0.205. The van der Waals surface area contributed by atoms with Gasteiger partial charge < -0.3 is 14.4 Å². The normalized spacial score (nSPS) is 23.8. The zero-order valence-corrected chi connectivity index (χ0v) is 14.0. The number of ether oxygens (including phenoxy) is 2. The Balaban J connectivity index is 2.53. The van der Waals surface area contributed by atoms with Crippen molar-refractivity contribution in [3.63, 3.8) is 0 Å². The molecule has 0 spiro atoms. The lowest BCUT2D eigenvalue weighted by Crippen LogP contribution is -2.59. The van der Waals surface area contributed by atoms with Crippen molar-refractivity contribution in [2.75, 3.05) is 26.2 Å². The van der Waals surface area contributed by atoms with Gasteiger partial charge in [0.15, 0.2) is 0 Å². The van der Waals surface area contributed by atoms with Gasteiger partial charge in [0.05, 0.1) is 0 Å². The van der Waals surface area contributed by atoms with E-state index in [2.05, 4.69) is 18.7 Å². The van der Waals surface area contributed by atoms with Gasteiger partial charge in [-0.15, -0.1) is 0 Å². The van der Waals surface area contributed by atoms with Gasteiger partial charge in [0.1, 0.15) is 12.2 Å². The van der Waals surface area contributed by atoms with Gasteiger partial charge in [-0.05, 0) is 34.6 Å². The first-order valence-electron chi connectivity index (χ1n) is 7.47. The number of rotatable bonds is 3. The van der Waals surface area contributed by atoms with Crippen molar-refractivity contribution in [1.82, 2.24) is 9.80 Å². The molecule has 0 unspecified atom stereocenters. The summed E-state index contributed by atoms with van der Waals surface area (Å²) in [7, 11) is 0. The summed E-state index contributed by atoms with van der Waals surface area (Å²) < 4.78 is 10.4. The summed E-state index contributed by atoms with van der Waals surface area (Å²) in [6.07, 6.45) is -0.263. The molecule has 122 valence electrons. The second-order valence-corrected chi connectivity index (χ2v) is 6.66. The monoisotopic (exact) mass is 300 g/mol. The van der Waals surface area contributed by atoms with Crippen LogP contribution in [0.4, 0.5) is 4.79 Å². The number of esters is 1. The lowest BCUT2D eigenvalue weighted by molar-refractivity contribution is -0.141. The van der Waals surface area contributed by atoms with Crippen LogP contribution in [0.3, 0.4) is 0 Å². The molecule has 0 aromatic rings. The highest BCUT2D eigenvalue weighted by Crippen LogP contribution is 2.18. The minimum atomic E-state index is -0.476. The first-order chi connectivity index (χ1) is 9.60. The Kier molecular flexibility index (Phi) is 6.01. The third-order valence-electron chi connectivity index (χ3n) is 3.41. The van der Waals surface area contributed by atoms with E-state index in [4.69, 9.17) is 9.47 Å². The average Bonchev–Trinajstić information content (AvgIpc) is 2.29. The fourth-order valence-electron chi connectivity index (χ4n) is 2.57. The molecule has 0 N–H and O–H groups in total. The standard InChI is InChI=1S/C15H28N2O4/c1-11-9-16(14(19)21-15(4,5)6)10-12(2)17(11)7-8-20-13(3)18/h11-12H,7-10H2,1-6H3/t11-,12+. The van der Waals surface area contributed by atoms with E-state index in [0.29, 0.717) is 26.2 Å². The predicted molar refractivity (Wildman–Crippen MR) is 80.1 cm³/mol. The number of hydrogen-bond acceptors (Lipinski definition) is 5. The van der Waals surface area contributed by atoms with E-state index in [1.165, 1.54) is 6.92 Å². The Morgan fingerprint density at radius 2 is 1.67 bits per heavy atom. The van der Waals surface area contributed by atoms with Crippen molar-refractivity contribution >= 4 is 12.1 Å². The largest absolute Gasteiger partial charge is 0.465 e. The predicted octanol–water partition coefficient (Wildman–Crippen LogP) is 1.88. The van der Waals surface area contributed by atoms with E-state index in [1.807, 2.05) is 20.8 Å². The topological polar surface area (TPSA) is 59.1 Å². The van der Waals surface area contributed by atoms with E-state index >= 15 is 0 Å². The van der Waals surface area contributed by atoms with Gasteiger partial charge in [-0.3, -0.25) is 9.69 Å². The number of piperazine rings is 1. The lowest BCUT2D eigenvalue weighted by Gasteiger charge is -2.44. The molecule has 0 aliphatic carbocycles. The maximum absolute atomic E-state index is 12.1. The minimum Gasteiger partial charge on any atom is -0.465 e. The van der Waals surface area contributed by atoms with Crippen LogP contribution in [0.25, 0.3) is 0 Å². The van der Waals surface area contributed by atoms with Crippen LogP contribution in [0.2, 0.25) is 0 Å². The lowest BCUT2D eigenvalue weighted by atomic mass is 10.1. The van der Waals surface area contributed by atoms with Crippen LogP contribution in [-0.2, 0) is 14.3 Å². The van der Waals surface area contributed by atoms with Gasteiger partial charge in [0.25, 0.3) is 0 Å². The molecule has 6 nitrogen and oxygen atoms in total. The number of nitrogens with zero attached hydrogens (tertiary/aromatic N) is 2. The molecule has 21 heavy (non-hydrogen) atoms. The van der Waals surface area contributed by atoms with E-state index in [1.54, 1.807) is 4.90 Å². The summed E-state index contributed by atoms with van der Waals surface area (Å²) in [5, 5.41) is 0. The molecule has 0 aromatic heterocycles. The van der Waals surface area contributed by atoms with Crippen molar-refractivity contribution < 1.29 is 19.1 Å². The SMILES string of the molecule is CC(=O)OCCN1[C@H](C)CN(C(=O)OC(C)(C)C)C[C@@H]1C. The smallest absolute Gasteiger partial charge is 0.410 e. The quantitative estimate of drug-likeness (QED) is 0.745. The summed E-state index contributed by atoms with van der Waals surface area (Å²) in [5.41, 5.74) is -0.476. The Morgan fingerprint density at radius 1 is 1.14 bits per heavy atom. The zero-order chi connectivity index (χ0) is 16.2. The van der Waals surface area contributed by atoms with Crippen molar-refractivity contribution in [2.45, 2.75) is 59.2 Å². The molecule has 2 atom stereocenters. The maximum atomic E-state index is 12.1. The Morgan fingerprint density at radius 3 is 2.10 bits per heavy atom. The van der Waals surface area contributed by atoms with Crippen molar-refractivity contribution in [2.24, 2.45) is 0 Å². The van der Waals surface area contributed by atoms with Crippen molar-refractivity contribution in [3.8, 4) is 0 Å². The van der Waals surface area contributed by atoms with Gasteiger partial charge in [-0.25, -0.2) is 4.79 Å². The number of hydrogen-bond donors (Lipinski definition) is 0. The van der Waals surface area contributed by atoms with E-state index < -0.39 is 5.60 Å². The summed E-state index contributed by atoms with van der Waals surface area (Å²) in [6, 6.07) is 0.411. The second-order valence-electron chi connectivity index (χ2n) is 6.66. The van der Waals surface area contributed by atoms with Crippen molar-refractivity contribution in [3.05, 3.63) is 0 Å². The van der Waals surface area contributed by atoms with Gasteiger partial charge >= 0.3 is 12.1 Å². The third kappa shape index (κ3) is 5.91. The van der Waals surface area contributed by atoms with Gasteiger partial charge in [0, 0.05) is 38.6 Å². The number of carbonyl (C=O) groups is 2. The molecular weight excluding hydrogens is 272 g/mol. The first kappa shape index (κ1) is 17.8. The molecular formula is C15H28N2O4. The Hall–Kier alpha value is -1.30. The summed E-state index contributed by atoms with van der Waals surface area (Å²) >= 11 is 0. The van der Waals surface area contributed by atoms with E-state index in [9.17, 15) is 9.59 Å². The van der Waals surface area contributed by atoms with Crippen LogP contribution < -0.4 is 0 Å². The molecule has 0 saturated carbocycles. The highest BCUT2D eigenvalue weighted by Gasteiger charge is 2.33. The average molecular weight is 300 g/mol. The first-order valence-corrected chi connectivity index (χ1v) is 7.47. The molecule has 0 bridgehead atoms. The number of amides is 1. The molecule has 1 saturated heterocycles. The molecule has 1 amide bonds. The van der Waals surface area contributed by atoms with Crippen LogP contribution in [0.15, 0.2) is 0 Å². The molecule has 1 fully saturated rings. The highest BCUT2D eigenvalue weighted by atomic mass is 16.6. The molecule has 1 rings (SSSR count). The summed E-state index contributed by atoms with van der Waals surface area (Å²) in [6.45, 7) is 13.5. The Labute approximate surface area is 127 Å².